The van der Waals surface area contributed by atoms with Crippen molar-refractivity contribution in [2.75, 3.05) is 13.7 Å². The van der Waals surface area contributed by atoms with Crippen LogP contribution in [0.3, 0.4) is 0 Å². The first-order valence-electron chi connectivity index (χ1n) is 5.79. The van der Waals surface area contributed by atoms with E-state index in [1.54, 1.807) is 24.2 Å². The first-order chi connectivity index (χ1) is 9.15. The minimum absolute atomic E-state index is 0.533. The Hall–Kier alpha value is -2.01. The van der Waals surface area contributed by atoms with Crippen LogP contribution in [0.1, 0.15) is 5.56 Å². The molecule has 0 atom stereocenters. The van der Waals surface area contributed by atoms with E-state index in [1.165, 1.54) is 6.08 Å². The van der Waals surface area contributed by atoms with Crippen LogP contribution in [0.15, 0.2) is 31.1 Å². The molecule has 0 spiro atoms. The van der Waals surface area contributed by atoms with E-state index in [2.05, 4.69) is 11.7 Å². The maximum atomic E-state index is 13.3. The number of rotatable bonds is 5. The summed E-state index contributed by atoms with van der Waals surface area (Å²) >= 11 is 0. The molecule has 100 valence electrons. The molecule has 2 aromatic rings. The first kappa shape index (κ1) is 13.4. The van der Waals surface area contributed by atoms with Gasteiger partial charge in [-0.15, -0.1) is 0 Å². The van der Waals surface area contributed by atoms with E-state index in [0.717, 1.165) is 12.1 Å². The van der Waals surface area contributed by atoms with E-state index in [4.69, 9.17) is 4.74 Å². The predicted molar refractivity (Wildman–Crippen MR) is 69.5 cm³/mol. The van der Waals surface area contributed by atoms with Crippen LogP contribution in [0.2, 0.25) is 0 Å². The molecule has 0 aliphatic rings. The third-order valence-corrected chi connectivity index (χ3v) is 2.78. The van der Waals surface area contributed by atoms with Gasteiger partial charge in [-0.05, 0) is 23.3 Å². The lowest BCUT2D eigenvalue weighted by Gasteiger charge is -2.05. The molecule has 19 heavy (non-hydrogen) atoms. The van der Waals surface area contributed by atoms with Crippen LogP contribution >= 0.6 is 0 Å². The molecule has 0 aliphatic heterocycles. The summed E-state index contributed by atoms with van der Waals surface area (Å²) in [5.41, 5.74) is 1.81. The first-order valence-corrected chi connectivity index (χ1v) is 5.79. The molecule has 3 nitrogen and oxygen atoms in total. The molecule has 0 fully saturated rings. The van der Waals surface area contributed by atoms with Gasteiger partial charge < -0.3 is 4.74 Å². The number of ether oxygens (including phenoxy) is 1. The van der Waals surface area contributed by atoms with E-state index >= 15 is 0 Å². The van der Waals surface area contributed by atoms with Gasteiger partial charge in [0.15, 0.2) is 11.6 Å². The highest BCUT2D eigenvalue weighted by molar-refractivity contribution is 5.74. The summed E-state index contributed by atoms with van der Waals surface area (Å²) in [4.78, 5) is 0. The molecular formula is C14H14F2N2O. The van der Waals surface area contributed by atoms with Gasteiger partial charge in [0.2, 0.25) is 0 Å². The molecule has 2 rings (SSSR count). The van der Waals surface area contributed by atoms with Crippen LogP contribution in [0.25, 0.3) is 17.2 Å². The lowest BCUT2D eigenvalue weighted by Crippen LogP contribution is -2.03. The van der Waals surface area contributed by atoms with E-state index in [-0.39, 0.29) is 0 Å². The highest BCUT2D eigenvalue weighted by atomic mass is 19.2. The second kappa shape index (κ2) is 5.75. The SMILES string of the molecule is C=Cc1cc(F)c(F)cc1-c1cnn(CCOC)c1. The van der Waals surface area contributed by atoms with Crippen LogP contribution in [-0.2, 0) is 11.3 Å². The van der Waals surface area contributed by atoms with Gasteiger partial charge in [0.25, 0.3) is 0 Å². The van der Waals surface area contributed by atoms with Crippen molar-refractivity contribution < 1.29 is 13.5 Å². The fourth-order valence-corrected chi connectivity index (χ4v) is 1.79. The van der Waals surface area contributed by atoms with Crippen LogP contribution < -0.4 is 0 Å². The normalized spacial score (nSPS) is 10.7. The molecule has 0 saturated carbocycles. The molecule has 0 aliphatic carbocycles. The maximum Gasteiger partial charge on any atom is 0.159 e. The average Bonchev–Trinajstić information content (AvgIpc) is 2.87. The minimum atomic E-state index is -0.884. The summed E-state index contributed by atoms with van der Waals surface area (Å²) in [5.74, 6) is -1.77. The number of methoxy groups -OCH3 is 1. The van der Waals surface area contributed by atoms with Gasteiger partial charge in [-0.25, -0.2) is 8.78 Å². The van der Waals surface area contributed by atoms with Crippen molar-refractivity contribution in [2.24, 2.45) is 0 Å². The highest BCUT2D eigenvalue weighted by Crippen LogP contribution is 2.26. The molecule has 1 heterocycles. The minimum Gasteiger partial charge on any atom is -0.383 e. The van der Waals surface area contributed by atoms with Gasteiger partial charge in [-0.3, -0.25) is 4.68 Å². The molecule has 0 saturated heterocycles. The van der Waals surface area contributed by atoms with Crippen LogP contribution in [0.5, 0.6) is 0 Å². The smallest absolute Gasteiger partial charge is 0.159 e. The Bertz CT molecular complexity index is 593. The molecule has 0 unspecified atom stereocenters. The monoisotopic (exact) mass is 264 g/mol. The molecule has 1 aromatic carbocycles. The van der Waals surface area contributed by atoms with E-state index in [0.29, 0.717) is 29.8 Å². The van der Waals surface area contributed by atoms with Crippen molar-refractivity contribution in [3.05, 3.63) is 48.3 Å². The van der Waals surface area contributed by atoms with Gasteiger partial charge in [-0.2, -0.15) is 5.10 Å². The van der Waals surface area contributed by atoms with Crippen molar-refractivity contribution in [2.45, 2.75) is 6.54 Å². The fourth-order valence-electron chi connectivity index (χ4n) is 1.79. The highest BCUT2D eigenvalue weighted by Gasteiger charge is 2.11. The number of halogens is 2. The molecule has 0 N–H and O–H groups in total. The third-order valence-electron chi connectivity index (χ3n) is 2.78. The van der Waals surface area contributed by atoms with Gasteiger partial charge >= 0.3 is 0 Å². The number of benzene rings is 1. The Morgan fingerprint density at radius 2 is 2.11 bits per heavy atom. The van der Waals surface area contributed by atoms with Crippen LogP contribution in [-0.4, -0.2) is 23.5 Å². The van der Waals surface area contributed by atoms with E-state index in [1.807, 2.05) is 0 Å². The molecule has 5 heteroatoms. The van der Waals surface area contributed by atoms with E-state index in [9.17, 15) is 8.78 Å². The summed E-state index contributed by atoms with van der Waals surface area (Å²) in [7, 11) is 1.61. The van der Waals surface area contributed by atoms with Gasteiger partial charge in [0, 0.05) is 18.9 Å². The summed E-state index contributed by atoms with van der Waals surface area (Å²) in [5, 5.41) is 4.14. The lowest BCUT2D eigenvalue weighted by atomic mass is 10.0. The van der Waals surface area contributed by atoms with Crippen molar-refractivity contribution >= 4 is 6.08 Å². The second-order valence-corrected chi connectivity index (χ2v) is 4.04. The molecule has 1 aromatic heterocycles. The average molecular weight is 264 g/mol. The lowest BCUT2D eigenvalue weighted by molar-refractivity contribution is 0.183. The zero-order chi connectivity index (χ0) is 13.8. The predicted octanol–water partition coefficient (Wildman–Crippen LogP) is 3.12. The van der Waals surface area contributed by atoms with Crippen LogP contribution in [0.4, 0.5) is 8.78 Å². The largest absolute Gasteiger partial charge is 0.383 e. The third kappa shape index (κ3) is 2.88. The molecule has 0 amide bonds. The molecule has 0 bridgehead atoms. The molecule has 0 radical (unpaired) electrons. The van der Waals surface area contributed by atoms with Crippen molar-refractivity contribution in [1.29, 1.82) is 0 Å². The van der Waals surface area contributed by atoms with Gasteiger partial charge in [-0.1, -0.05) is 12.7 Å². The molecular weight excluding hydrogens is 250 g/mol. The van der Waals surface area contributed by atoms with Crippen LogP contribution in [0, 0.1) is 11.6 Å². The summed E-state index contributed by atoms with van der Waals surface area (Å²) < 4.78 is 33.1. The number of hydrogen-bond donors (Lipinski definition) is 0. The number of aromatic nitrogens is 2. The Labute approximate surface area is 110 Å². The Morgan fingerprint density at radius 1 is 1.37 bits per heavy atom. The van der Waals surface area contributed by atoms with Gasteiger partial charge in [0.1, 0.15) is 0 Å². The standard InChI is InChI=1S/C14H14F2N2O/c1-3-10-6-13(15)14(16)7-12(10)11-8-17-18(9-11)4-5-19-2/h3,6-9H,1,4-5H2,2H3. The van der Waals surface area contributed by atoms with Gasteiger partial charge in [0.05, 0.1) is 19.3 Å². The zero-order valence-electron chi connectivity index (χ0n) is 10.6. The zero-order valence-corrected chi connectivity index (χ0v) is 10.6. The second-order valence-electron chi connectivity index (χ2n) is 4.04. The van der Waals surface area contributed by atoms with Crippen molar-refractivity contribution in [3.8, 4) is 11.1 Å². The fraction of sp³-hybridized carbons (Fsp3) is 0.214. The number of nitrogens with zero attached hydrogens (tertiary/aromatic N) is 2. The van der Waals surface area contributed by atoms with Crippen molar-refractivity contribution in [1.82, 2.24) is 9.78 Å². The quantitative estimate of drug-likeness (QED) is 0.829. The Morgan fingerprint density at radius 3 is 2.79 bits per heavy atom. The Balaban J connectivity index is 2.38. The maximum absolute atomic E-state index is 13.3. The number of hydrogen-bond acceptors (Lipinski definition) is 2. The topological polar surface area (TPSA) is 27.1 Å². The van der Waals surface area contributed by atoms with E-state index < -0.39 is 11.6 Å². The summed E-state index contributed by atoms with van der Waals surface area (Å²) in [6, 6.07) is 2.29. The van der Waals surface area contributed by atoms with Crippen molar-refractivity contribution in [3.63, 3.8) is 0 Å². The summed E-state index contributed by atoms with van der Waals surface area (Å²) in [6.07, 6.45) is 4.86. The Kier molecular flexibility index (Phi) is 4.06. The summed E-state index contributed by atoms with van der Waals surface area (Å²) in [6.45, 7) is 4.74.